The van der Waals surface area contributed by atoms with Gasteiger partial charge in [-0.2, -0.15) is 0 Å². The number of urea groups is 1. The zero-order valence-electron chi connectivity index (χ0n) is 13.1. The van der Waals surface area contributed by atoms with Gasteiger partial charge >= 0.3 is 6.03 Å². The van der Waals surface area contributed by atoms with Gasteiger partial charge in [0.05, 0.1) is 12.2 Å². The molecule has 2 amide bonds. The number of anilines is 1. The van der Waals surface area contributed by atoms with E-state index in [1.165, 1.54) is 5.56 Å². The molecule has 122 valence electrons. The van der Waals surface area contributed by atoms with Crippen molar-refractivity contribution >= 4 is 27.6 Å². The highest BCUT2D eigenvalue weighted by atomic mass is 79.9. The number of nitrogens with zero attached hydrogens (tertiary/aromatic N) is 1. The molecule has 24 heavy (non-hydrogen) atoms. The Hall–Kier alpha value is -2.53. The second kappa shape index (κ2) is 7.84. The molecule has 0 unspecified atom stereocenters. The Morgan fingerprint density at radius 2 is 1.71 bits per heavy atom. The van der Waals surface area contributed by atoms with Crippen molar-refractivity contribution in [2.24, 2.45) is 0 Å². The van der Waals surface area contributed by atoms with E-state index in [0.29, 0.717) is 6.54 Å². The monoisotopic (exact) mass is 383 g/mol. The normalized spacial score (nSPS) is 10.4. The highest BCUT2D eigenvalue weighted by Crippen LogP contribution is 2.20. The number of nitrogens with one attached hydrogen (secondary N) is 2. The quantitative estimate of drug-likeness (QED) is 0.663. The van der Waals surface area contributed by atoms with E-state index < -0.39 is 0 Å². The Kier molecular flexibility index (Phi) is 5.33. The first-order chi connectivity index (χ1) is 11.7. The number of halogens is 1. The van der Waals surface area contributed by atoms with Crippen LogP contribution in [0.5, 0.6) is 0 Å². The number of carbonyl (C=O) groups is 1. The van der Waals surface area contributed by atoms with E-state index in [0.717, 1.165) is 22.4 Å². The van der Waals surface area contributed by atoms with Gasteiger partial charge < -0.3 is 15.2 Å². The van der Waals surface area contributed by atoms with Crippen LogP contribution in [0.3, 0.4) is 0 Å². The number of aromatic nitrogens is 1. The van der Waals surface area contributed by atoms with Gasteiger partial charge in [0.15, 0.2) is 0 Å². The van der Waals surface area contributed by atoms with Crippen molar-refractivity contribution in [3.63, 3.8) is 0 Å². The Labute approximate surface area is 149 Å². The van der Waals surface area contributed by atoms with Gasteiger partial charge in [-0.3, -0.25) is 0 Å². The number of para-hydroxylation sites is 1. The minimum Gasteiger partial charge on any atom is -0.345 e. The summed E-state index contributed by atoms with van der Waals surface area (Å²) in [5.74, 6) is 0. The maximum absolute atomic E-state index is 12.1. The molecular weight excluding hydrogens is 366 g/mol. The summed E-state index contributed by atoms with van der Waals surface area (Å²) in [5, 5.41) is 5.73. The minimum absolute atomic E-state index is 0.227. The van der Waals surface area contributed by atoms with Crippen LogP contribution in [0.2, 0.25) is 0 Å². The zero-order valence-corrected chi connectivity index (χ0v) is 14.7. The maximum Gasteiger partial charge on any atom is 0.319 e. The lowest BCUT2D eigenvalue weighted by atomic mass is 10.2. The van der Waals surface area contributed by atoms with Crippen molar-refractivity contribution < 1.29 is 4.79 Å². The van der Waals surface area contributed by atoms with Gasteiger partial charge in [0, 0.05) is 22.9 Å². The van der Waals surface area contributed by atoms with Gasteiger partial charge in [-0.15, -0.1) is 0 Å². The molecule has 2 aromatic carbocycles. The molecule has 3 aromatic rings. The molecule has 3 rings (SSSR count). The van der Waals surface area contributed by atoms with E-state index in [1.54, 1.807) is 0 Å². The summed E-state index contributed by atoms with van der Waals surface area (Å²) in [6.45, 7) is 1.26. The Bertz CT molecular complexity index is 814. The fraction of sp³-hybridized carbons (Fsp3) is 0.105. The number of rotatable bonds is 5. The average molecular weight is 384 g/mol. The van der Waals surface area contributed by atoms with Gasteiger partial charge in [-0.05, 0) is 45.8 Å². The van der Waals surface area contributed by atoms with E-state index in [1.807, 2.05) is 60.8 Å². The number of benzene rings is 2. The molecule has 1 heterocycles. The molecule has 0 saturated heterocycles. The average Bonchev–Trinajstić information content (AvgIpc) is 3.03. The topological polar surface area (TPSA) is 46.1 Å². The van der Waals surface area contributed by atoms with E-state index in [4.69, 9.17) is 0 Å². The summed E-state index contributed by atoms with van der Waals surface area (Å²) in [7, 11) is 0. The van der Waals surface area contributed by atoms with Gasteiger partial charge in [-0.25, -0.2) is 4.79 Å². The smallest absolute Gasteiger partial charge is 0.319 e. The lowest BCUT2D eigenvalue weighted by Gasteiger charge is -2.12. The predicted octanol–water partition coefficient (Wildman–Crippen LogP) is 4.62. The number of hydrogen-bond acceptors (Lipinski definition) is 1. The van der Waals surface area contributed by atoms with E-state index >= 15 is 0 Å². The molecule has 0 radical (unpaired) electrons. The van der Waals surface area contributed by atoms with Crippen LogP contribution in [0.4, 0.5) is 10.5 Å². The first-order valence-electron chi connectivity index (χ1n) is 7.70. The van der Waals surface area contributed by atoms with Gasteiger partial charge in [0.25, 0.3) is 0 Å². The van der Waals surface area contributed by atoms with Crippen LogP contribution in [0.1, 0.15) is 11.3 Å². The summed E-state index contributed by atoms with van der Waals surface area (Å²) >= 11 is 3.42. The second-order valence-electron chi connectivity index (χ2n) is 5.40. The maximum atomic E-state index is 12.1. The highest BCUT2D eigenvalue weighted by molar-refractivity contribution is 9.10. The van der Waals surface area contributed by atoms with Gasteiger partial charge in [-0.1, -0.05) is 42.5 Å². The largest absolute Gasteiger partial charge is 0.345 e. The van der Waals surface area contributed by atoms with Crippen LogP contribution in [0.25, 0.3) is 0 Å². The van der Waals surface area contributed by atoms with Crippen molar-refractivity contribution in [1.29, 1.82) is 0 Å². The lowest BCUT2D eigenvalue weighted by Crippen LogP contribution is -2.29. The predicted molar refractivity (Wildman–Crippen MR) is 100.0 cm³/mol. The number of amides is 2. The molecule has 1 aromatic heterocycles. The van der Waals surface area contributed by atoms with Crippen LogP contribution in [-0.4, -0.2) is 10.6 Å². The molecule has 0 atom stereocenters. The van der Waals surface area contributed by atoms with Crippen molar-refractivity contribution in [3.8, 4) is 0 Å². The second-order valence-corrected chi connectivity index (χ2v) is 6.25. The molecule has 5 heteroatoms. The molecule has 0 bridgehead atoms. The van der Waals surface area contributed by atoms with E-state index in [-0.39, 0.29) is 6.03 Å². The summed E-state index contributed by atoms with van der Waals surface area (Å²) < 4.78 is 2.99. The summed E-state index contributed by atoms with van der Waals surface area (Å²) in [6.07, 6.45) is 2.02. The molecular formula is C19H18BrN3O. The van der Waals surface area contributed by atoms with Crippen molar-refractivity contribution in [3.05, 3.63) is 88.7 Å². The molecule has 0 aliphatic rings. The summed E-state index contributed by atoms with van der Waals surface area (Å²) in [6, 6.07) is 21.6. The third-order valence-electron chi connectivity index (χ3n) is 3.67. The molecule has 0 saturated carbocycles. The Morgan fingerprint density at radius 1 is 0.958 bits per heavy atom. The molecule has 0 aliphatic heterocycles. The Balaban J connectivity index is 1.58. The molecule has 0 aliphatic carbocycles. The van der Waals surface area contributed by atoms with E-state index in [9.17, 15) is 4.79 Å². The Morgan fingerprint density at radius 3 is 2.50 bits per heavy atom. The van der Waals surface area contributed by atoms with Crippen molar-refractivity contribution in [2.45, 2.75) is 13.1 Å². The van der Waals surface area contributed by atoms with Crippen LogP contribution in [-0.2, 0) is 13.1 Å². The van der Waals surface area contributed by atoms with Crippen LogP contribution in [0.15, 0.2) is 77.4 Å². The fourth-order valence-corrected chi connectivity index (χ4v) is 2.83. The molecule has 0 fully saturated rings. The molecule has 0 spiro atoms. The van der Waals surface area contributed by atoms with E-state index in [2.05, 4.69) is 43.3 Å². The molecule has 2 N–H and O–H groups in total. The van der Waals surface area contributed by atoms with Gasteiger partial charge in [0.1, 0.15) is 0 Å². The lowest BCUT2D eigenvalue weighted by molar-refractivity contribution is 0.251. The third kappa shape index (κ3) is 4.26. The number of hydrogen-bond donors (Lipinski definition) is 2. The van der Waals surface area contributed by atoms with Crippen molar-refractivity contribution in [1.82, 2.24) is 9.88 Å². The first-order valence-corrected chi connectivity index (χ1v) is 8.49. The SMILES string of the molecule is O=C(NCc1cccn1Cc1ccccc1)Nc1ccccc1Br. The third-order valence-corrected chi connectivity index (χ3v) is 4.36. The standard InChI is InChI=1S/C19H18BrN3O/c20-17-10-4-5-11-18(17)22-19(24)21-13-16-9-6-12-23(16)14-15-7-2-1-3-8-15/h1-12H,13-14H2,(H2,21,22,24). The fourth-order valence-electron chi connectivity index (χ4n) is 2.44. The number of carbonyl (C=O) groups excluding carboxylic acids is 1. The highest BCUT2D eigenvalue weighted by Gasteiger charge is 2.06. The van der Waals surface area contributed by atoms with Crippen LogP contribution < -0.4 is 10.6 Å². The molecule has 4 nitrogen and oxygen atoms in total. The minimum atomic E-state index is -0.227. The first kappa shape index (κ1) is 16.3. The van der Waals surface area contributed by atoms with Crippen LogP contribution >= 0.6 is 15.9 Å². The summed E-state index contributed by atoms with van der Waals surface area (Å²) in [5.41, 5.74) is 3.03. The zero-order chi connectivity index (χ0) is 16.8. The van der Waals surface area contributed by atoms with Gasteiger partial charge in [0.2, 0.25) is 0 Å². The van der Waals surface area contributed by atoms with Crippen molar-refractivity contribution in [2.75, 3.05) is 5.32 Å². The summed E-state index contributed by atoms with van der Waals surface area (Å²) in [4.78, 5) is 12.1. The van der Waals surface area contributed by atoms with Crippen LogP contribution in [0, 0.1) is 0 Å².